The Balaban J connectivity index is 3.75. The van der Waals surface area contributed by atoms with Crippen molar-refractivity contribution >= 4 is 5.91 Å². The monoisotopic (exact) mass is 198 g/mol. The predicted octanol–water partition coefficient (Wildman–Crippen LogP) is 1.08. The van der Waals surface area contributed by atoms with Gasteiger partial charge in [-0.25, -0.2) is 0 Å². The van der Waals surface area contributed by atoms with E-state index in [9.17, 15) is 4.79 Å². The summed E-state index contributed by atoms with van der Waals surface area (Å²) in [5.74, 6) is 0.00902. The molecule has 0 heterocycles. The minimum Gasteiger partial charge on any atom is -0.381 e. The molecule has 0 saturated heterocycles. The number of carbonyl (C=O) groups is 1. The van der Waals surface area contributed by atoms with E-state index in [4.69, 9.17) is 10.00 Å². The van der Waals surface area contributed by atoms with Crippen molar-refractivity contribution in [2.75, 3.05) is 13.2 Å². The molecule has 1 amide bonds. The maximum Gasteiger partial charge on any atom is 0.223 e. The van der Waals surface area contributed by atoms with Gasteiger partial charge in [-0.05, 0) is 12.8 Å². The zero-order valence-electron chi connectivity index (χ0n) is 9.04. The molecule has 0 aliphatic heterocycles. The van der Waals surface area contributed by atoms with Crippen LogP contribution < -0.4 is 5.32 Å². The quantitative estimate of drug-likeness (QED) is 0.649. The van der Waals surface area contributed by atoms with Crippen LogP contribution in [0.15, 0.2) is 0 Å². The molecule has 80 valence electrons. The van der Waals surface area contributed by atoms with Crippen LogP contribution >= 0.6 is 0 Å². The molecule has 0 aromatic carbocycles. The minimum atomic E-state index is -0.399. The average Bonchev–Trinajstić information content (AvgIpc) is 2.14. The molecule has 4 heteroatoms. The molecule has 1 N–H and O–H groups in total. The Kier molecular flexibility index (Phi) is 6.77. The Morgan fingerprint density at radius 2 is 2.21 bits per heavy atom. The average molecular weight is 198 g/mol. The normalized spacial score (nSPS) is 12.2. The van der Waals surface area contributed by atoms with Crippen LogP contribution in [0.3, 0.4) is 0 Å². The summed E-state index contributed by atoms with van der Waals surface area (Å²) in [6.45, 7) is 6.70. The summed E-state index contributed by atoms with van der Waals surface area (Å²) in [7, 11) is 0. The van der Waals surface area contributed by atoms with Crippen LogP contribution in [0.25, 0.3) is 0 Å². The zero-order chi connectivity index (χ0) is 11.0. The van der Waals surface area contributed by atoms with E-state index >= 15 is 0 Å². The van der Waals surface area contributed by atoms with Gasteiger partial charge in [0.1, 0.15) is 6.04 Å². The molecule has 0 aromatic rings. The van der Waals surface area contributed by atoms with Crippen LogP contribution in [-0.2, 0) is 9.53 Å². The molecule has 14 heavy (non-hydrogen) atoms. The van der Waals surface area contributed by atoms with Crippen molar-refractivity contribution in [3.8, 4) is 6.07 Å². The smallest absolute Gasteiger partial charge is 0.223 e. The number of amides is 1. The number of rotatable bonds is 6. The number of hydrogen-bond donors (Lipinski definition) is 1. The molecule has 0 spiro atoms. The van der Waals surface area contributed by atoms with E-state index in [1.54, 1.807) is 0 Å². The number of carbonyl (C=O) groups excluding carboxylic acids is 1. The fraction of sp³-hybridized carbons (Fsp3) is 0.800. The molecule has 0 bridgehead atoms. The Morgan fingerprint density at radius 3 is 2.64 bits per heavy atom. The van der Waals surface area contributed by atoms with Crippen molar-refractivity contribution < 1.29 is 9.53 Å². The Bertz CT molecular complexity index is 209. The SMILES string of the molecule is CCOCCC(=O)NC(C#N)C(C)C. The Morgan fingerprint density at radius 1 is 1.57 bits per heavy atom. The molecule has 0 aliphatic carbocycles. The van der Waals surface area contributed by atoms with Gasteiger partial charge in [0, 0.05) is 13.0 Å². The van der Waals surface area contributed by atoms with E-state index in [2.05, 4.69) is 11.4 Å². The largest absolute Gasteiger partial charge is 0.381 e. The Labute approximate surface area is 85.2 Å². The van der Waals surface area contributed by atoms with Gasteiger partial charge in [-0.3, -0.25) is 4.79 Å². The molecule has 0 aromatic heterocycles. The second kappa shape index (κ2) is 7.34. The van der Waals surface area contributed by atoms with E-state index in [0.29, 0.717) is 19.6 Å². The van der Waals surface area contributed by atoms with E-state index in [0.717, 1.165) is 0 Å². The summed E-state index contributed by atoms with van der Waals surface area (Å²) < 4.78 is 5.04. The molecule has 0 saturated carbocycles. The molecule has 0 radical (unpaired) electrons. The fourth-order valence-corrected chi connectivity index (χ4v) is 0.903. The number of ether oxygens (including phenoxy) is 1. The van der Waals surface area contributed by atoms with Crippen LogP contribution in [-0.4, -0.2) is 25.2 Å². The van der Waals surface area contributed by atoms with Gasteiger partial charge in [0.15, 0.2) is 0 Å². The lowest BCUT2D eigenvalue weighted by molar-refractivity contribution is -0.122. The summed E-state index contributed by atoms with van der Waals surface area (Å²) in [6, 6.07) is 1.65. The predicted molar refractivity (Wildman–Crippen MR) is 53.5 cm³/mol. The third kappa shape index (κ3) is 5.55. The van der Waals surface area contributed by atoms with Gasteiger partial charge >= 0.3 is 0 Å². The lowest BCUT2D eigenvalue weighted by Gasteiger charge is -2.14. The van der Waals surface area contributed by atoms with Crippen LogP contribution in [0.2, 0.25) is 0 Å². The summed E-state index contributed by atoms with van der Waals surface area (Å²) in [6.07, 6.45) is 0.318. The van der Waals surface area contributed by atoms with Crippen molar-refractivity contribution in [3.05, 3.63) is 0 Å². The molecular formula is C10H18N2O2. The topological polar surface area (TPSA) is 62.1 Å². The van der Waals surface area contributed by atoms with Gasteiger partial charge < -0.3 is 10.1 Å². The zero-order valence-corrected chi connectivity index (χ0v) is 9.04. The fourth-order valence-electron chi connectivity index (χ4n) is 0.903. The first-order valence-corrected chi connectivity index (χ1v) is 4.88. The number of nitrogens with one attached hydrogen (secondary N) is 1. The van der Waals surface area contributed by atoms with Gasteiger partial charge in [-0.2, -0.15) is 5.26 Å². The number of nitrogens with zero attached hydrogens (tertiary/aromatic N) is 1. The van der Waals surface area contributed by atoms with Crippen LogP contribution in [0.5, 0.6) is 0 Å². The first kappa shape index (κ1) is 12.9. The molecule has 1 atom stereocenters. The molecule has 1 unspecified atom stereocenters. The van der Waals surface area contributed by atoms with E-state index in [1.807, 2.05) is 20.8 Å². The van der Waals surface area contributed by atoms with Crippen molar-refractivity contribution in [3.63, 3.8) is 0 Å². The Hall–Kier alpha value is -1.08. The summed E-state index contributed by atoms with van der Waals surface area (Å²) in [4.78, 5) is 11.2. The summed E-state index contributed by atoms with van der Waals surface area (Å²) >= 11 is 0. The van der Waals surface area contributed by atoms with E-state index < -0.39 is 6.04 Å². The first-order valence-electron chi connectivity index (χ1n) is 4.88. The van der Waals surface area contributed by atoms with Crippen LogP contribution in [0, 0.1) is 17.2 Å². The van der Waals surface area contributed by atoms with Gasteiger partial charge in [0.2, 0.25) is 5.91 Å². The van der Waals surface area contributed by atoms with Crippen molar-refractivity contribution in [1.82, 2.24) is 5.32 Å². The van der Waals surface area contributed by atoms with Gasteiger partial charge in [0.25, 0.3) is 0 Å². The van der Waals surface area contributed by atoms with Crippen molar-refractivity contribution in [2.45, 2.75) is 33.2 Å². The molecule has 4 nitrogen and oxygen atoms in total. The van der Waals surface area contributed by atoms with Crippen LogP contribution in [0.4, 0.5) is 0 Å². The molecule has 0 rings (SSSR count). The van der Waals surface area contributed by atoms with Crippen LogP contribution in [0.1, 0.15) is 27.2 Å². The molecule has 0 fully saturated rings. The van der Waals surface area contributed by atoms with Gasteiger partial charge in [-0.1, -0.05) is 13.8 Å². The highest BCUT2D eigenvalue weighted by Gasteiger charge is 2.14. The lowest BCUT2D eigenvalue weighted by atomic mass is 10.1. The van der Waals surface area contributed by atoms with E-state index in [1.165, 1.54) is 0 Å². The van der Waals surface area contributed by atoms with Gasteiger partial charge in [0.05, 0.1) is 12.7 Å². The molecular weight excluding hydrogens is 180 g/mol. The lowest BCUT2D eigenvalue weighted by Crippen LogP contribution is -2.37. The number of hydrogen-bond acceptors (Lipinski definition) is 3. The second-order valence-corrected chi connectivity index (χ2v) is 3.37. The summed E-state index contributed by atoms with van der Waals surface area (Å²) in [5, 5.41) is 11.4. The highest BCUT2D eigenvalue weighted by Crippen LogP contribution is 2.00. The maximum absolute atomic E-state index is 11.2. The first-order chi connectivity index (χ1) is 6.61. The summed E-state index contributed by atoms with van der Waals surface area (Å²) in [5.41, 5.74) is 0. The third-order valence-corrected chi connectivity index (χ3v) is 1.80. The molecule has 0 aliphatic rings. The van der Waals surface area contributed by atoms with Crippen molar-refractivity contribution in [2.24, 2.45) is 5.92 Å². The van der Waals surface area contributed by atoms with E-state index in [-0.39, 0.29) is 11.8 Å². The highest BCUT2D eigenvalue weighted by molar-refractivity contribution is 5.76. The van der Waals surface area contributed by atoms with Gasteiger partial charge in [-0.15, -0.1) is 0 Å². The minimum absolute atomic E-state index is 0.126. The van der Waals surface area contributed by atoms with Crippen molar-refractivity contribution in [1.29, 1.82) is 5.26 Å². The second-order valence-electron chi connectivity index (χ2n) is 3.37. The highest BCUT2D eigenvalue weighted by atomic mass is 16.5. The number of nitriles is 1. The maximum atomic E-state index is 11.2. The standard InChI is InChI=1S/C10H18N2O2/c1-4-14-6-5-10(13)12-9(7-11)8(2)3/h8-9H,4-6H2,1-3H3,(H,12,13). The third-order valence-electron chi connectivity index (χ3n) is 1.80.